The van der Waals surface area contributed by atoms with E-state index in [1.54, 1.807) is 11.1 Å². The molecule has 1 heteroatoms. The molecule has 0 bridgehead atoms. The van der Waals surface area contributed by atoms with Crippen LogP contribution in [0.2, 0.25) is 0 Å². The van der Waals surface area contributed by atoms with Crippen molar-refractivity contribution in [3.8, 4) is 0 Å². The van der Waals surface area contributed by atoms with Crippen LogP contribution in [0.3, 0.4) is 0 Å². The molecule has 2 aliphatic rings. The van der Waals surface area contributed by atoms with E-state index in [9.17, 15) is 0 Å². The lowest BCUT2D eigenvalue weighted by atomic mass is 9.81. The molecule has 1 saturated heterocycles. The lowest BCUT2D eigenvalue weighted by Gasteiger charge is -2.28. The van der Waals surface area contributed by atoms with Gasteiger partial charge in [0.2, 0.25) is 0 Å². The maximum atomic E-state index is 3.46. The zero-order valence-corrected chi connectivity index (χ0v) is 10.8. The van der Waals surface area contributed by atoms with Crippen LogP contribution in [0.15, 0.2) is 24.3 Å². The van der Waals surface area contributed by atoms with E-state index in [0.717, 1.165) is 17.8 Å². The third-order valence-corrected chi connectivity index (χ3v) is 4.58. The lowest BCUT2D eigenvalue weighted by Crippen LogP contribution is -2.30. The second-order valence-electron chi connectivity index (χ2n) is 5.82. The minimum absolute atomic E-state index is 0.732. The first-order valence-electron chi connectivity index (χ1n) is 7.15. The average molecular weight is 229 g/mol. The van der Waals surface area contributed by atoms with Crippen molar-refractivity contribution >= 4 is 0 Å². The van der Waals surface area contributed by atoms with Crippen molar-refractivity contribution in [1.29, 1.82) is 0 Å². The van der Waals surface area contributed by atoms with Crippen molar-refractivity contribution in [3.63, 3.8) is 0 Å². The van der Waals surface area contributed by atoms with Gasteiger partial charge in [-0.25, -0.2) is 0 Å². The van der Waals surface area contributed by atoms with E-state index >= 15 is 0 Å². The predicted octanol–water partition coefficient (Wildman–Crippen LogP) is 3.67. The Kier molecular flexibility index (Phi) is 3.19. The topological polar surface area (TPSA) is 12.0 Å². The Balaban J connectivity index is 1.74. The molecule has 1 nitrogen and oxygen atoms in total. The molecule has 0 spiro atoms. The summed E-state index contributed by atoms with van der Waals surface area (Å²) < 4.78 is 0. The van der Waals surface area contributed by atoms with Crippen molar-refractivity contribution < 1.29 is 0 Å². The summed E-state index contributed by atoms with van der Waals surface area (Å²) in [6.07, 6.45) is 5.50. The van der Waals surface area contributed by atoms with E-state index in [-0.39, 0.29) is 0 Å². The highest BCUT2D eigenvalue weighted by Gasteiger charge is 2.25. The van der Waals surface area contributed by atoms with Crippen molar-refractivity contribution in [2.45, 2.75) is 44.4 Å². The quantitative estimate of drug-likeness (QED) is 0.834. The number of nitrogens with one attached hydrogen (secondary N) is 1. The monoisotopic (exact) mass is 229 g/mol. The average Bonchev–Trinajstić information content (AvgIpc) is 3.23. The second-order valence-corrected chi connectivity index (χ2v) is 5.82. The molecule has 1 aliphatic heterocycles. The SMILES string of the molecule is CC(c1cccc(C2CC2)c1)C1CCNCC1. The summed E-state index contributed by atoms with van der Waals surface area (Å²) >= 11 is 0. The molecule has 1 aromatic carbocycles. The van der Waals surface area contributed by atoms with Gasteiger partial charge in [0.15, 0.2) is 0 Å². The first-order valence-corrected chi connectivity index (χ1v) is 7.15. The molecule has 92 valence electrons. The molecule has 17 heavy (non-hydrogen) atoms. The van der Waals surface area contributed by atoms with Crippen LogP contribution in [-0.4, -0.2) is 13.1 Å². The van der Waals surface area contributed by atoms with Gasteiger partial charge in [-0.3, -0.25) is 0 Å². The summed E-state index contributed by atoms with van der Waals surface area (Å²) in [5.41, 5.74) is 3.16. The van der Waals surface area contributed by atoms with Gasteiger partial charge >= 0.3 is 0 Å². The molecule has 1 aliphatic carbocycles. The maximum Gasteiger partial charge on any atom is -0.00461 e. The van der Waals surface area contributed by atoms with Crippen LogP contribution in [0.5, 0.6) is 0 Å². The van der Waals surface area contributed by atoms with E-state index in [2.05, 4.69) is 36.5 Å². The van der Waals surface area contributed by atoms with Crippen molar-refractivity contribution in [2.24, 2.45) is 5.92 Å². The summed E-state index contributed by atoms with van der Waals surface area (Å²) in [5, 5.41) is 3.46. The fourth-order valence-electron chi connectivity index (χ4n) is 3.13. The molecule has 1 N–H and O–H groups in total. The van der Waals surface area contributed by atoms with Gasteiger partial charge in [0.1, 0.15) is 0 Å². The summed E-state index contributed by atoms with van der Waals surface area (Å²) in [5.74, 6) is 2.50. The lowest BCUT2D eigenvalue weighted by molar-refractivity contribution is 0.330. The standard InChI is InChI=1S/C16H23N/c1-12(13-7-9-17-10-8-13)15-3-2-4-16(11-15)14-5-6-14/h2-4,11-14,17H,5-10H2,1H3. The van der Waals surface area contributed by atoms with E-state index in [4.69, 9.17) is 0 Å². The maximum absolute atomic E-state index is 3.46. The fourth-order valence-corrected chi connectivity index (χ4v) is 3.13. The molecule has 1 atom stereocenters. The van der Waals surface area contributed by atoms with Crippen molar-refractivity contribution in [1.82, 2.24) is 5.32 Å². The normalized spacial score (nSPS) is 23.6. The van der Waals surface area contributed by atoms with Gasteiger partial charge in [-0.05, 0) is 67.7 Å². The van der Waals surface area contributed by atoms with Gasteiger partial charge in [0, 0.05) is 0 Å². The van der Waals surface area contributed by atoms with Gasteiger partial charge in [0.25, 0.3) is 0 Å². The summed E-state index contributed by atoms with van der Waals surface area (Å²) in [7, 11) is 0. The molecule has 0 aromatic heterocycles. The van der Waals surface area contributed by atoms with Crippen LogP contribution in [-0.2, 0) is 0 Å². The van der Waals surface area contributed by atoms with E-state index in [1.807, 2.05) is 0 Å². The van der Waals surface area contributed by atoms with Crippen LogP contribution in [0.25, 0.3) is 0 Å². The second kappa shape index (κ2) is 4.81. The Hall–Kier alpha value is -0.820. The number of hydrogen-bond acceptors (Lipinski definition) is 1. The third-order valence-electron chi connectivity index (χ3n) is 4.58. The minimum Gasteiger partial charge on any atom is -0.317 e. The van der Waals surface area contributed by atoms with Crippen LogP contribution < -0.4 is 5.32 Å². The Labute approximate surface area is 105 Å². The molecule has 1 unspecified atom stereocenters. The molecule has 2 fully saturated rings. The molecule has 1 saturated carbocycles. The predicted molar refractivity (Wildman–Crippen MR) is 72.4 cm³/mol. The van der Waals surface area contributed by atoms with Crippen molar-refractivity contribution in [3.05, 3.63) is 35.4 Å². The molecule has 3 rings (SSSR count). The number of hydrogen-bond donors (Lipinski definition) is 1. The highest BCUT2D eigenvalue weighted by atomic mass is 14.9. The highest BCUT2D eigenvalue weighted by Crippen LogP contribution is 2.41. The van der Waals surface area contributed by atoms with Gasteiger partial charge in [-0.2, -0.15) is 0 Å². The van der Waals surface area contributed by atoms with E-state index < -0.39 is 0 Å². The van der Waals surface area contributed by atoms with E-state index in [1.165, 1.54) is 38.8 Å². The Morgan fingerprint density at radius 2 is 1.88 bits per heavy atom. The molecule has 1 aromatic rings. The number of rotatable bonds is 3. The molecular weight excluding hydrogens is 206 g/mol. The van der Waals surface area contributed by atoms with Crippen LogP contribution in [0.1, 0.15) is 55.6 Å². The summed E-state index contributed by atoms with van der Waals surface area (Å²) in [6, 6.07) is 9.39. The van der Waals surface area contributed by atoms with Gasteiger partial charge in [-0.1, -0.05) is 31.2 Å². The zero-order valence-electron chi connectivity index (χ0n) is 10.8. The van der Waals surface area contributed by atoms with Gasteiger partial charge in [0.05, 0.1) is 0 Å². The van der Waals surface area contributed by atoms with Gasteiger partial charge in [-0.15, -0.1) is 0 Å². The first kappa shape index (κ1) is 11.3. The Bertz CT molecular complexity index is 375. The van der Waals surface area contributed by atoms with Gasteiger partial charge < -0.3 is 5.32 Å². The molecule has 0 radical (unpaired) electrons. The van der Waals surface area contributed by atoms with E-state index in [0.29, 0.717) is 0 Å². The van der Waals surface area contributed by atoms with Crippen LogP contribution >= 0.6 is 0 Å². The van der Waals surface area contributed by atoms with Crippen molar-refractivity contribution in [2.75, 3.05) is 13.1 Å². The molecule has 1 heterocycles. The summed E-state index contributed by atoms with van der Waals surface area (Å²) in [6.45, 7) is 4.83. The molecular formula is C16H23N. The Morgan fingerprint density at radius 3 is 2.59 bits per heavy atom. The highest BCUT2D eigenvalue weighted by molar-refractivity contribution is 5.31. The number of benzene rings is 1. The largest absolute Gasteiger partial charge is 0.317 e. The zero-order chi connectivity index (χ0) is 11.7. The summed E-state index contributed by atoms with van der Waals surface area (Å²) in [4.78, 5) is 0. The van der Waals surface area contributed by atoms with Crippen LogP contribution in [0, 0.1) is 5.92 Å². The smallest absolute Gasteiger partial charge is 0.00461 e. The first-order chi connectivity index (χ1) is 8.34. The fraction of sp³-hybridized carbons (Fsp3) is 0.625. The Morgan fingerprint density at radius 1 is 1.12 bits per heavy atom. The number of piperidine rings is 1. The molecule has 0 amide bonds. The minimum atomic E-state index is 0.732. The third kappa shape index (κ3) is 2.55. The van der Waals surface area contributed by atoms with Crippen LogP contribution in [0.4, 0.5) is 0 Å².